The molecule has 5 rings (SSSR count). The molecule has 20 heteroatoms. The summed E-state index contributed by atoms with van der Waals surface area (Å²) in [6, 6.07) is 11.9. The summed E-state index contributed by atoms with van der Waals surface area (Å²) in [6.45, 7) is 6.95. The fraction of sp³-hybridized carbons (Fsp3) is 0.282. The zero-order valence-corrected chi connectivity index (χ0v) is 33.1. The predicted molar refractivity (Wildman–Crippen MR) is 201 cm³/mol. The minimum atomic E-state index is -5.45. The van der Waals surface area contributed by atoms with Crippen LogP contribution in [0, 0.1) is 23.3 Å². The average Bonchev–Trinajstić information content (AvgIpc) is 3.47. The minimum absolute atomic E-state index is 0.0456. The molecular weight excluding hydrogens is 816 g/mol. The summed E-state index contributed by atoms with van der Waals surface area (Å²) in [5.41, 5.74) is -4.92. The van der Waals surface area contributed by atoms with Gasteiger partial charge in [0.15, 0.2) is 28.2 Å². The number of anilines is 2. The van der Waals surface area contributed by atoms with Gasteiger partial charge in [-0.3, -0.25) is 9.52 Å². The van der Waals surface area contributed by atoms with Gasteiger partial charge >= 0.3 is 18.4 Å². The maximum Gasteiger partial charge on any atom is 0.420 e. The number of benzene rings is 4. The number of imide groups is 1. The number of aromatic nitrogens is 2. The van der Waals surface area contributed by atoms with Gasteiger partial charge in [-0.15, -0.1) is 0 Å². The number of halogens is 7. The van der Waals surface area contributed by atoms with E-state index < -0.39 is 97.0 Å². The summed E-state index contributed by atoms with van der Waals surface area (Å²) >= 11 is 0. The molecule has 5 aromatic rings. The molecule has 1 heterocycles. The summed E-state index contributed by atoms with van der Waals surface area (Å²) in [5, 5.41) is 2.52. The van der Waals surface area contributed by atoms with Crippen molar-refractivity contribution in [2.75, 3.05) is 10.0 Å². The van der Waals surface area contributed by atoms with Crippen LogP contribution in [0.2, 0.25) is 0 Å². The number of aryl methyl sites for hydroxylation is 1. The van der Waals surface area contributed by atoms with E-state index in [1.54, 1.807) is 11.8 Å². The highest BCUT2D eigenvalue weighted by molar-refractivity contribution is 7.92. The van der Waals surface area contributed by atoms with Crippen LogP contribution in [-0.4, -0.2) is 52.2 Å². The van der Waals surface area contributed by atoms with Gasteiger partial charge in [0.25, 0.3) is 15.9 Å². The van der Waals surface area contributed by atoms with Gasteiger partial charge in [-0.25, -0.2) is 45.5 Å². The molecule has 0 aliphatic rings. The van der Waals surface area contributed by atoms with Crippen LogP contribution in [-0.2, 0) is 39.3 Å². The molecule has 0 aliphatic carbocycles. The van der Waals surface area contributed by atoms with Crippen molar-refractivity contribution in [1.29, 1.82) is 0 Å². The van der Waals surface area contributed by atoms with Gasteiger partial charge in [-0.05, 0) is 101 Å². The molecule has 0 radical (unpaired) electrons. The second-order valence-corrected chi connectivity index (χ2v) is 16.7. The summed E-state index contributed by atoms with van der Waals surface area (Å²) in [5.74, 6) is -10.1. The standard InChI is InChI=1S/C39H36F7N5O7S/c1-37(2,3)57-35(53)51(36(54)58-38(4,5)6)18-25-29(40)31(42)33(32(43)30(25)41)59(55,56)49-22-13-11-20(12-14-22)34(52)48-23-10-8-9-21(15-23)24-16-27-28(50(7)19-47-27)17-26(24)39(44,45)46/h8-17,19,49H,18H2,1-7H3,(H,48,52). The molecule has 0 fully saturated rings. The molecule has 0 bridgehead atoms. The Labute approximate surface area is 333 Å². The van der Waals surface area contributed by atoms with Gasteiger partial charge in [0.2, 0.25) is 0 Å². The van der Waals surface area contributed by atoms with E-state index in [1.807, 2.05) is 0 Å². The van der Waals surface area contributed by atoms with Crippen LogP contribution in [0.4, 0.5) is 51.7 Å². The molecular formula is C39H36F7N5O7S. The van der Waals surface area contributed by atoms with Crippen molar-refractivity contribution in [1.82, 2.24) is 14.5 Å². The third-order valence-electron chi connectivity index (χ3n) is 8.13. The Balaban J connectivity index is 1.36. The topological polar surface area (TPSA) is 149 Å². The van der Waals surface area contributed by atoms with Gasteiger partial charge in [0, 0.05) is 29.5 Å². The number of ether oxygens (including phenoxy) is 2. The lowest BCUT2D eigenvalue weighted by Crippen LogP contribution is -2.43. The first kappa shape index (κ1) is 43.9. The van der Waals surface area contributed by atoms with Crippen molar-refractivity contribution in [3.8, 4) is 11.1 Å². The summed E-state index contributed by atoms with van der Waals surface area (Å²) in [4.78, 5) is 40.8. The van der Waals surface area contributed by atoms with Crippen molar-refractivity contribution >= 4 is 50.5 Å². The number of sulfonamides is 1. The highest BCUT2D eigenvalue weighted by atomic mass is 32.2. The summed E-state index contributed by atoms with van der Waals surface area (Å²) < 4.78 is 144. The third-order valence-corrected chi connectivity index (χ3v) is 9.53. The maximum atomic E-state index is 15.4. The zero-order chi connectivity index (χ0) is 44.0. The average molecular weight is 852 g/mol. The summed E-state index contributed by atoms with van der Waals surface area (Å²) in [7, 11) is -3.90. The molecule has 3 amide bonds. The smallest absolute Gasteiger partial charge is 0.420 e. The van der Waals surface area contributed by atoms with E-state index >= 15 is 17.6 Å². The van der Waals surface area contributed by atoms with Crippen LogP contribution in [0.15, 0.2) is 71.9 Å². The monoisotopic (exact) mass is 851 g/mol. The largest absolute Gasteiger partial charge is 0.443 e. The number of nitrogens with zero attached hydrogens (tertiary/aromatic N) is 3. The molecule has 0 spiro atoms. The SMILES string of the molecule is Cn1cnc2cc(-c3cccc(NC(=O)c4ccc(NS(=O)(=O)c5c(F)c(F)c(CN(C(=O)OC(C)(C)C)C(=O)OC(C)(C)C)c(F)c5F)cc4)c3)c(C(F)(F)F)cc21. The Kier molecular flexibility index (Phi) is 11.8. The van der Waals surface area contributed by atoms with Gasteiger partial charge in [0.1, 0.15) is 11.2 Å². The van der Waals surface area contributed by atoms with Gasteiger partial charge < -0.3 is 19.4 Å². The minimum Gasteiger partial charge on any atom is -0.443 e. The summed E-state index contributed by atoms with van der Waals surface area (Å²) in [6.07, 6.45) is -6.34. The Bertz CT molecular complexity index is 2530. The molecule has 1 aromatic heterocycles. The lowest BCUT2D eigenvalue weighted by Gasteiger charge is -2.29. The molecule has 0 saturated heterocycles. The van der Waals surface area contributed by atoms with Crippen molar-refractivity contribution in [3.63, 3.8) is 0 Å². The van der Waals surface area contributed by atoms with E-state index in [2.05, 4.69) is 10.3 Å². The first-order valence-electron chi connectivity index (χ1n) is 17.3. The van der Waals surface area contributed by atoms with E-state index in [-0.39, 0.29) is 32.8 Å². The first-order chi connectivity index (χ1) is 27.2. The number of hydrogen-bond donors (Lipinski definition) is 2. The number of fused-ring (bicyclic) bond motifs is 1. The fourth-order valence-electron chi connectivity index (χ4n) is 5.54. The number of rotatable bonds is 8. The lowest BCUT2D eigenvalue weighted by atomic mass is 9.98. The number of amides is 3. The van der Waals surface area contributed by atoms with E-state index in [0.717, 1.165) is 30.3 Å². The van der Waals surface area contributed by atoms with Crippen LogP contribution in [0.25, 0.3) is 22.2 Å². The zero-order valence-electron chi connectivity index (χ0n) is 32.3. The predicted octanol–water partition coefficient (Wildman–Crippen LogP) is 9.54. The lowest BCUT2D eigenvalue weighted by molar-refractivity contribution is -0.137. The van der Waals surface area contributed by atoms with Gasteiger partial charge in [-0.1, -0.05) is 12.1 Å². The molecule has 0 saturated carbocycles. The van der Waals surface area contributed by atoms with Crippen molar-refractivity contribution in [2.24, 2.45) is 7.05 Å². The molecule has 2 N–H and O–H groups in total. The first-order valence-corrected chi connectivity index (χ1v) is 18.8. The Morgan fingerprint density at radius 2 is 1.34 bits per heavy atom. The van der Waals surface area contributed by atoms with Crippen LogP contribution in [0.5, 0.6) is 0 Å². The second kappa shape index (κ2) is 15.9. The Hall–Kier alpha value is -6.18. The fourth-order valence-corrected chi connectivity index (χ4v) is 6.74. The molecule has 0 unspecified atom stereocenters. The van der Waals surface area contributed by atoms with Crippen LogP contribution >= 0.6 is 0 Å². The molecule has 4 aromatic carbocycles. The van der Waals surface area contributed by atoms with E-state index in [1.165, 1.54) is 82.8 Å². The molecule has 314 valence electrons. The Morgan fingerprint density at radius 1 is 0.780 bits per heavy atom. The van der Waals surface area contributed by atoms with E-state index in [9.17, 15) is 36.0 Å². The quantitative estimate of drug-likeness (QED) is 0.116. The van der Waals surface area contributed by atoms with Gasteiger partial charge in [0.05, 0.1) is 29.5 Å². The van der Waals surface area contributed by atoms with Crippen molar-refractivity contribution < 1.29 is 63.0 Å². The molecule has 0 atom stereocenters. The molecule has 12 nitrogen and oxygen atoms in total. The highest BCUT2D eigenvalue weighted by Crippen LogP contribution is 2.40. The maximum absolute atomic E-state index is 15.4. The van der Waals surface area contributed by atoms with Crippen LogP contribution < -0.4 is 10.0 Å². The number of imidazole rings is 1. The normalized spacial score (nSPS) is 12.3. The van der Waals surface area contributed by atoms with Crippen LogP contribution in [0.3, 0.4) is 0 Å². The third kappa shape index (κ3) is 9.93. The number of carbonyl (C=O) groups excluding carboxylic acids is 3. The number of carbonyl (C=O) groups is 3. The number of alkyl halides is 3. The van der Waals surface area contributed by atoms with Gasteiger partial charge in [-0.2, -0.15) is 13.2 Å². The van der Waals surface area contributed by atoms with E-state index in [0.29, 0.717) is 5.52 Å². The van der Waals surface area contributed by atoms with E-state index in [4.69, 9.17) is 9.47 Å². The second-order valence-electron chi connectivity index (χ2n) is 15.1. The number of nitrogens with one attached hydrogen (secondary N) is 2. The molecule has 0 aliphatic heterocycles. The number of hydrogen-bond acceptors (Lipinski definition) is 8. The van der Waals surface area contributed by atoms with Crippen molar-refractivity contribution in [2.45, 2.75) is 70.4 Å². The van der Waals surface area contributed by atoms with Crippen LogP contribution in [0.1, 0.15) is 63.0 Å². The van der Waals surface area contributed by atoms with Crippen molar-refractivity contribution in [3.05, 3.63) is 107 Å². The highest BCUT2D eigenvalue weighted by Gasteiger charge is 2.38. The Morgan fingerprint density at radius 3 is 1.86 bits per heavy atom. The molecule has 59 heavy (non-hydrogen) atoms.